The fourth-order valence-electron chi connectivity index (χ4n) is 3.51. The predicted octanol–water partition coefficient (Wildman–Crippen LogP) is 3.52. The van der Waals surface area contributed by atoms with Gasteiger partial charge in [0.05, 0.1) is 26.4 Å². The number of hydrogen-bond donors (Lipinski definition) is 0. The van der Waals surface area contributed by atoms with Crippen LogP contribution in [0.1, 0.15) is 11.6 Å². The Morgan fingerprint density at radius 3 is 2.85 bits per heavy atom. The van der Waals surface area contributed by atoms with Gasteiger partial charge in [-0.3, -0.25) is 4.98 Å². The highest BCUT2D eigenvalue weighted by molar-refractivity contribution is 5.58. The van der Waals surface area contributed by atoms with Crippen molar-refractivity contribution in [1.29, 1.82) is 0 Å². The summed E-state index contributed by atoms with van der Waals surface area (Å²) >= 11 is 0. The molecule has 1 aliphatic rings. The van der Waals surface area contributed by atoms with Gasteiger partial charge in [0.25, 0.3) is 0 Å². The second kappa shape index (κ2) is 7.25. The number of aromatic nitrogens is 3. The number of methoxy groups -OCH3 is 1. The van der Waals surface area contributed by atoms with Gasteiger partial charge in [-0.1, -0.05) is 0 Å². The molecule has 6 heteroatoms. The zero-order chi connectivity index (χ0) is 17.9. The Bertz CT molecular complexity index is 882. The van der Waals surface area contributed by atoms with Crippen molar-refractivity contribution in [2.45, 2.75) is 12.5 Å². The van der Waals surface area contributed by atoms with E-state index < -0.39 is 0 Å². The topological polar surface area (TPSA) is 49.2 Å². The van der Waals surface area contributed by atoms with Crippen LogP contribution in [0.25, 0.3) is 11.4 Å². The van der Waals surface area contributed by atoms with E-state index in [9.17, 15) is 4.39 Å². The third-order valence-electron chi connectivity index (χ3n) is 4.85. The predicted molar refractivity (Wildman–Crippen MR) is 95.5 cm³/mol. The highest BCUT2D eigenvalue weighted by Crippen LogP contribution is 2.33. The molecular weight excluding hydrogens is 333 g/mol. The summed E-state index contributed by atoms with van der Waals surface area (Å²) in [5.41, 5.74) is 2.06. The Labute approximate surface area is 151 Å². The quantitative estimate of drug-likeness (QED) is 0.704. The lowest BCUT2D eigenvalue weighted by Crippen LogP contribution is -2.20. The summed E-state index contributed by atoms with van der Waals surface area (Å²) < 4.78 is 26.7. The van der Waals surface area contributed by atoms with Gasteiger partial charge < -0.3 is 14.0 Å². The molecular formula is C20H20FN3O2. The summed E-state index contributed by atoms with van der Waals surface area (Å²) in [7, 11) is 1.46. The van der Waals surface area contributed by atoms with Gasteiger partial charge in [-0.2, -0.15) is 0 Å². The molecule has 0 aliphatic carbocycles. The van der Waals surface area contributed by atoms with E-state index in [1.54, 1.807) is 18.3 Å². The Balaban J connectivity index is 1.63. The molecule has 5 nitrogen and oxygen atoms in total. The highest BCUT2D eigenvalue weighted by atomic mass is 19.1. The Morgan fingerprint density at radius 2 is 2.04 bits per heavy atom. The summed E-state index contributed by atoms with van der Waals surface area (Å²) in [6, 6.07) is 9.07. The van der Waals surface area contributed by atoms with Crippen LogP contribution in [0.4, 0.5) is 4.39 Å². The first kappa shape index (κ1) is 16.7. The molecule has 0 saturated carbocycles. The standard InChI is InChI=1S/C20H20FN3O2/c1-25-19-11-15(2-3-17(19)21)20-23-8-9-24(20)18-13-26-12-16(18)10-14-4-6-22-7-5-14/h2-9,11,16,18H,10,12-13H2,1H3/t16-,18+/m0/s1. The monoisotopic (exact) mass is 353 g/mol. The number of benzene rings is 1. The number of nitrogens with zero attached hydrogens (tertiary/aromatic N) is 3. The van der Waals surface area contributed by atoms with E-state index in [1.165, 1.54) is 18.7 Å². The second-order valence-corrected chi connectivity index (χ2v) is 6.43. The zero-order valence-electron chi connectivity index (χ0n) is 14.5. The average Bonchev–Trinajstić information content (AvgIpc) is 3.32. The molecule has 1 saturated heterocycles. The number of ether oxygens (including phenoxy) is 2. The molecule has 1 fully saturated rings. The molecule has 1 aliphatic heterocycles. The molecule has 0 spiro atoms. The molecule has 0 amide bonds. The van der Waals surface area contributed by atoms with Crippen LogP contribution < -0.4 is 4.74 Å². The van der Waals surface area contributed by atoms with Crippen LogP contribution >= 0.6 is 0 Å². The van der Waals surface area contributed by atoms with Gasteiger partial charge in [-0.25, -0.2) is 9.37 Å². The number of hydrogen-bond acceptors (Lipinski definition) is 4. The lowest BCUT2D eigenvalue weighted by Gasteiger charge is -2.21. The van der Waals surface area contributed by atoms with Gasteiger partial charge in [0, 0.05) is 36.3 Å². The molecule has 4 rings (SSSR count). The van der Waals surface area contributed by atoms with Gasteiger partial charge in [-0.05, 0) is 42.3 Å². The molecule has 3 aromatic rings. The summed E-state index contributed by atoms with van der Waals surface area (Å²) in [5.74, 6) is 0.966. The summed E-state index contributed by atoms with van der Waals surface area (Å²) in [6.45, 7) is 1.34. The summed E-state index contributed by atoms with van der Waals surface area (Å²) in [4.78, 5) is 8.57. The van der Waals surface area contributed by atoms with Gasteiger partial charge in [-0.15, -0.1) is 0 Å². The summed E-state index contributed by atoms with van der Waals surface area (Å²) in [5, 5.41) is 0. The number of imidazole rings is 1. The molecule has 1 aromatic carbocycles. The van der Waals surface area contributed by atoms with Crippen LogP contribution in [0.2, 0.25) is 0 Å². The molecule has 2 atom stereocenters. The normalized spacial score (nSPS) is 19.6. The van der Waals surface area contributed by atoms with Gasteiger partial charge in [0.15, 0.2) is 11.6 Å². The van der Waals surface area contributed by atoms with Crippen LogP contribution in [0.5, 0.6) is 5.75 Å². The fraction of sp³-hybridized carbons (Fsp3) is 0.300. The van der Waals surface area contributed by atoms with E-state index in [0.29, 0.717) is 19.1 Å². The maximum absolute atomic E-state index is 13.7. The third-order valence-corrected chi connectivity index (χ3v) is 4.85. The third kappa shape index (κ3) is 3.20. The number of pyridine rings is 1. The van der Waals surface area contributed by atoms with Crippen LogP contribution in [-0.2, 0) is 11.2 Å². The van der Waals surface area contributed by atoms with Crippen LogP contribution in [0.15, 0.2) is 55.1 Å². The van der Waals surface area contributed by atoms with Crippen molar-refractivity contribution in [3.05, 3.63) is 66.5 Å². The average molecular weight is 353 g/mol. The van der Waals surface area contributed by atoms with Crippen molar-refractivity contribution in [1.82, 2.24) is 14.5 Å². The number of rotatable bonds is 5. The minimum absolute atomic E-state index is 0.178. The first-order chi connectivity index (χ1) is 12.8. The zero-order valence-corrected chi connectivity index (χ0v) is 14.5. The highest BCUT2D eigenvalue weighted by Gasteiger charge is 2.31. The van der Waals surface area contributed by atoms with E-state index >= 15 is 0 Å². The van der Waals surface area contributed by atoms with E-state index in [2.05, 4.69) is 14.5 Å². The maximum Gasteiger partial charge on any atom is 0.165 e. The van der Waals surface area contributed by atoms with Crippen LogP contribution in [0.3, 0.4) is 0 Å². The number of halogens is 1. The van der Waals surface area contributed by atoms with Gasteiger partial charge in [0.1, 0.15) is 5.82 Å². The van der Waals surface area contributed by atoms with Gasteiger partial charge in [0.2, 0.25) is 0 Å². The van der Waals surface area contributed by atoms with Gasteiger partial charge >= 0.3 is 0 Å². The van der Waals surface area contributed by atoms with E-state index in [1.807, 2.05) is 30.7 Å². The molecule has 0 radical (unpaired) electrons. The Morgan fingerprint density at radius 1 is 1.19 bits per heavy atom. The SMILES string of the molecule is COc1cc(-c2nccn2[C@@H]2COC[C@@H]2Cc2ccncc2)ccc1F. The molecule has 0 N–H and O–H groups in total. The molecule has 0 unspecified atom stereocenters. The molecule has 26 heavy (non-hydrogen) atoms. The molecule has 0 bridgehead atoms. The van der Waals surface area contributed by atoms with Crippen molar-refractivity contribution in [2.24, 2.45) is 5.92 Å². The molecule has 134 valence electrons. The smallest absolute Gasteiger partial charge is 0.165 e. The first-order valence-corrected chi connectivity index (χ1v) is 8.59. The van der Waals surface area contributed by atoms with Crippen molar-refractivity contribution in [2.75, 3.05) is 20.3 Å². The second-order valence-electron chi connectivity index (χ2n) is 6.43. The minimum Gasteiger partial charge on any atom is -0.494 e. The molecule has 3 heterocycles. The van der Waals surface area contributed by atoms with E-state index in [0.717, 1.165) is 17.8 Å². The van der Waals surface area contributed by atoms with E-state index in [4.69, 9.17) is 9.47 Å². The minimum atomic E-state index is -0.380. The van der Waals surface area contributed by atoms with Crippen molar-refractivity contribution < 1.29 is 13.9 Å². The Hall–Kier alpha value is -2.73. The summed E-state index contributed by atoms with van der Waals surface area (Å²) in [6.07, 6.45) is 8.27. The molecule has 2 aromatic heterocycles. The van der Waals surface area contributed by atoms with Crippen molar-refractivity contribution in [3.8, 4) is 17.1 Å². The maximum atomic E-state index is 13.7. The van der Waals surface area contributed by atoms with Crippen molar-refractivity contribution >= 4 is 0 Å². The van der Waals surface area contributed by atoms with E-state index in [-0.39, 0.29) is 17.6 Å². The Kier molecular flexibility index (Phi) is 4.67. The largest absolute Gasteiger partial charge is 0.494 e. The van der Waals surface area contributed by atoms with Crippen LogP contribution in [-0.4, -0.2) is 34.9 Å². The van der Waals surface area contributed by atoms with Crippen molar-refractivity contribution in [3.63, 3.8) is 0 Å². The van der Waals surface area contributed by atoms with Crippen LogP contribution in [0, 0.1) is 11.7 Å². The lowest BCUT2D eigenvalue weighted by atomic mass is 9.95. The fourth-order valence-corrected chi connectivity index (χ4v) is 3.51. The first-order valence-electron chi connectivity index (χ1n) is 8.59. The lowest BCUT2D eigenvalue weighted by molar-refractivity contribution is 0.181.